The molecule has 1 atom stereocenters. The minimum atomic E-state index is 0.0169. The Bertz CT molecular complexity index is 1160. The number of rotatable bonds is 8. The Morgan fingerprint density at radius 3 is 2.62 bits per heavy atom. The van der Waals surface area contributed by atoms with Crippen molar-refractivity contribution in [1.29, 1.82) is 0 Å². The van der Waals surface area contributed by atoms with Crippen LogP contribution in [0.5, 0.6) is 0 Å². The molecule has 1 aromatic carbocycles. The first-order valence-corrected chi connectivity index (χ1v) is 13.3. The van der Waals surface area contributed by atoms with Gasteiger partial charge in [0.1, 0.15) is 0 Å². The number of nitrogens with one attached hydrogen (secondary N) is 1. The Balaban J connectivity index is 1.52. The molecular weight excluding hydrogens is 424 g/mol. The predicted molar refractivity (Wildman–Crippen MR) is 135 cm³/mol. The van der Waals surface area contributed by atoms with Crippen LogP contribution < -0.4 is 5.56 Å². The monoisotopic (exact) mass is 462 g/mol. The van der Waals surface area contributed by atoms with Crippen LogP contribution in [0, 0.1) is 6.92 Å². The zero-order valence-corrected chi connectivity index (χ0v) is 20.7. The molecule has 2 aliphatic rings. The molecule has 7 heteroatoms. The third kappa shape index (κ3) is 4.81. The molecule has 34 heavy (non-hydrogen) atoms. The largest absolute Gasteiger partial charge is 0.322 e. The summed E-state index contributed by atoms with van der Waals surface area (Å²) in [5.41, 5.74) is 2.91. The molecule has 182 valence electrons. The lowest BCUT2D eigenvalue weighted by Crippen LogP contribution is -2.39. The van der Waals surface area contributed by atoms with E-state index in [2.05, 4.69) is 62.1 Å². The molecule has 1 N–H and O–H groups in total. The van der Waals surface area contributed by atoms with Crippen molar-refractivity contribution in [2.24, 2.45) is 0 Å². The second-order valence-corrected chi connectivity index (χ2v) is 10.4. The molecule has 0 radical (unpaired) electrons. The number of hydrogen-bond donors (Lipinski definition) is 1. The van der Waals surface area contributed by atoms with Crippen molar-refractivity contribution in [2.45, 2.75) is 109 Å². The van der Waals surface area contributed by atoms with Gasteiger partial charge in [-0.15, -0.1) is 5.10 Å². The maximum atomic E-state index is 13.1. The zero-order chi connectivity index (χ0) is 23.5. The number of hydrogen-bond acceptors (Lipinski definition) is 5. The third-order valence-electron chi connectivity index (χ3n) is 7.92. The van der Waals surface area contributed by atoms with Gasteiger partial charge in [-0.3, -0.25) is 9.69 Å². The summed E-state index contributed by atoms with van der Waals surface area (Å²) in [6, 6.07) is 9.33. The number of aryl methyl sites for hydroxylation is 1. The summed E-state index contributed by atoms with van der Waals surface area (Å²) in [6.45, 7) is 4.92. The van der Waals surface area contributed by atoms with Gasteiger partial charge in [0, 0.05) is 23.7 Å². The number of aromatic amines is 1. The molecule has 0 amide bonds. The highest BCUT2D eigenvalue weighted by molar-refractivity contribution is 5.79. The van der Waals surface area contributed by atoms with E-state index in [1.54, 1.807) is 0 Å². The summed E-state index contributed by atoms with van der Waals surface area (Å²) < 4.78 is 2.13. The van der Waals surface area contributed by atoms with Crippen molar-refractivity contribution >= 4 is 10.9 Å². The van der Waals surface area contributed by atoms with E-state index >= 15 is 0 Å². The van der Waals surface area contributed by atoms with Crippen LogP contribution in [0.1, 0.15) is 107 Å². The van der Waals surface area contributed by atoms with Crippen LogP contribution in [0.3, 0.4) is 0 Å². The molecule has 5 rings (SSSR count). The van der Waals surface area contributed by atoms with Crippen molar-refractivity contribution in [3.8, 4) is 0 Å². The van der Waals surface area contributed by atoms with Crippen LogP contribution in [0.25, 0.3) is 10.9 Å². The van der Waals surface area contributed by atoms with E-state index in [0.717, 1.165) is 53.5 Å². The van der Waals surface area contributed by atoms with Gasteiger partial charge in [0.25, 0.3) is 5.56 Å². The third-order valence-corrected chi connectivity index (χ3v) is 7.92. The Morgan fingerprint density at radius 2 is 1.85 bits per heavy atom. The first kappa shape index (κ1) is 23.2. The molecule has 2 aliphatic carbocycles. The lowest BCUT2D eigenvalue weighted by molar-refractivity contribution is 0.105. The van der Waals surface area contributed by atoms with Crippen LogP contribution in [-0.4, -0.2) is 36.1 Å². The van der Waals surface area contributed by atoms with Gasteiger partial charge in [-0.1, -0.05) is 57.6 Å². The second-order valence-electron chi connectivity index (χ2n) is 10.4. The normalized spacial score (nSPS) is 18.8. The molecule has 0 bridgehead atoms. The Kier molecular flexibility index (Phi) is 7.09. The highest BCUT2D eigenvalue weighted by Gasteiger charge is 2.34. The van der Waals surface area contributed by atoms with Gasteiger partial charge in [-0.25, -0.2) is 4.68 Å². The van der Waals surface area contributed by atoms with Gasteiger partial charge in [0.15, 0.2) is 5.82 Å². The molecule has 0 aliphatic heterocycles. The highest BCUT2D eigenvalue weighted by Crippen LogP contribution is 2.36. The van der Waals surface area contributed by atoms with Gasteiger partial charge in [-0.05, 0) is 72.5 Å². The number of aromatic nitrogens is 5. The Hall–Kier alpha value is -2.54. The SMILES string of the molecule is CCC[C@@H](c1nnnn1C1CCCCC1)N(Cc1cc2ccc(C)cc2[nH]c1=O)C1CCCC1. The highest BCUT2D eigenvalue weighted by atomic mass is 16.1. The van der Waals surface area contributed by atoms with Gasteiger partial charge < -0.3 is 4.98 Å². The Labute approximate surface area is 201 Å². The fraction of sp³-hybridized carbons (Fsp3) is 0.630. The van der Waals surface area contributed by atoms with Gasteiger partial charge in [-0.2, -0.15) is 0 Å². The maximum absolute atomic E-state index is 13.1. The summed E-state index contributed by atoms with van der Waals surface area (Å²) in [5, 5.41) is 14.3. The smallest absolute Gasteiger partial charge is 0.252 e. The number of pyridine rings is 1. The van der Waals surface area contributed by atoms with Gasteiger partial charge in [0.2, 0.25) is 0 Å². The molecule has 0 saturated heterocycles. The van der Waals surface area contributed by atoms with Gasteiger partial charge in [0.05, 0.1) is 12.1 Å². The summed E-state index contributed by atoms with van der Waals surface area (Å²) in [4.78, 5) is 18.8. The van der Waals surface area contributed by atoms with E-state index in [1.807, 2.05) is 6.07 Å². The molecule has 7 nitrogen and oxygen atoms in total. The summed E-state index contributed by atoms with van der Waals surface area (Å²) in [6.07, 6.45) is 13.0. The fourth-order valence-electron chi connectivity index (χ4n) is 6.13. The number of tetrazole rings is 1. The standard InChI is InChI=1S/C27H38N6O/c1-3-9-25(26-29-30-31-33(26)23-12-5-4-6-13-23)32(22-10-7-8-11-22)18-21-17-20-15-14-19(2)16-24(20)28-27(21)34/h14-17,22-23,25H,3-13,18H2,1-2H3,(H,28,34)/t25-/m0/s1. The number of H-pyrrole nitrogens is 1. The van der Waals surface area contributed by atoms with Gasteiger partial charge >= 0.3 is 0 Å². The van der Waals surface area contributed by atoms with Crippen LogP contribution >= 0.6 is 0 Å². The summed E-state index contributed by atoms with van der Waals surface area (Å²) >= 11 is 0. The van der Waals surface area contributed by atoms with Crippen molar-refractivity contribution < 1.29 is 0 Å². The van der Waals surface area contributed by atoms with Crippen molar-refractivity contribution in [3.63, 3.8) is 0 Å². The molecule has 2 heterocycles. The topological polar surface area (TPSA) is 79.7 Å². The second kappa shape index (κ2) is 10.4. The number of fused-ring (bicyclic) bond motifs is 1. The maximum Gasteiger partial charge on any atom is 0.252 e. The quantitative estimate of drug-likeness (QED) is 0.470. The predicted octanol–water partition coefficient (Wildman–Crippen LogP) is 5.61. The minimum Gasteiger partial charge on any atom is -0.322 e. The first-order chi connectivity index (χ1) is 16.6. The molecule has 2 aromatic heterocycles. The van der Waals surface area contributed by atoms with E-state index in [9.17, 15) is 4.79 Å². The van der Waals surface area contributed by atoms with Crippen LogP contribution in [0.2, 0.25) is 0 Å². The lowest BCUT2D eigenvalue weighted by Gasteiger charge is -2.36. The average Bonchev–Trinajstić information content (AvgIpc) is 3.55. The molecule has 3 aromatic rings. The van der Waals surface area contributed by atoms with E-state index in [-0.39, 0.29) is 11.6 Å². The Morgan fingerprint density at radius 1 is 1.09 bits per heavy atom. The number of benzene rings is 1. The molecule has 0 spiro atoms. The van der Waals surface area contributed by atoms with Crippen LogP contribution in [0.15, 0.2) is 29.1 Å². The summed E-state index contributed by atoms with van der Waals surface area (Å²) in [7, 11) is 0. The van der Waals surface area contributed by atoms with E-state index in [1.165, 1.54) is 44.9 Å². The average molecular weight is 463 g/mol. The van der Waals surface area contributed by atoms with Crippen LogP contribution in [-0.2, 0) is 6.54 Å². The van der Waals surface area contributed by atoms with E-state index in [4.69, 9.17) is 0 Å². The molecular formula is C27H38N6O. The molecule has 2 saturated carbocycles. The lowest BCUT2D eigenvalue weighted by atomic mass is 9.95. The van der Waals surface area contributed by atoms with Crippen molar-refractivity contribution in [1.82, 2.24) is 30.1 Å². The number of nitrogens with zero attached hydrogens (tertiary/aromatic N) is 5. The van der Waals surface area contributed by atoms with E-state index < -0.39 is 0 Å². The minimum absolute atomic E-state index is 0.0169. The molecule has 2 fully saturated rings. The van der Waals surface area contributed by atoms with Crippen molar-refractivity contribution in [3.05, 3.63) is 51.6 Å². The van der Waals surface area contributed by atoms with Crippen LogP contribution in [0.4, 0.5) is 0 Å². The van der Waals surface area contributed by atoms with Crippen molar-refractivity contribution in [2.75, 3.05) is 0 Å². The fourth-order valence-corrected chi connectivity index (χ4v) is 6.13. The van der Waals surface area contributed by atoms with E-state index in [0.29, 0.717) is 18.6 Å². The summed E-state index contributed by atoms with van der Waals surface area (Å²) in [5.74, 6) is 0.994. The zero-order valence-electron chi connectivity index (χ0n) is 20.7. The first-order valence-electron chi connectivity index (χ1n) is 13.3. The molecule has 0 unspecified atom stereocenters.